The molecule has 5 rings (SSSR count). The Labute approximate surface area is 172 Å². The van der Waals surface area contributed by atoms with E-state index in [4.69, 9.17) is 5.10 Å². The highest BCUT2D eigenvalue weighted by atomic mass is 32.2. The van der Waals surface area contributed by atoms with E-state index < -0.39 is 0 Å². The van der Waals surface area contributed by atoms with Crippen molar-refractivity contribution in [2.45, 2.75) is 10.9 Å². The van der Waals surface area contributed by atoms with E-state index in [2.05, 4.69) is 63.7 Å². The van der Waals surface area contributed by atoms with Crippen molar-refractivity contribution in [3.05, 3.63) is 96.8 Å². The Hall–Kier alpha value is -3.51. The summed E-state index contributed by atoms with van der Waals surface area (Å²) in [5.41, 5.74) is 6.07. The Morgan fingerprint density at radius 2 is 1.45 bits per heavy atom. The Morgan fingerprint density at radius 3 is 2.24 bits per heavy atom. The van der Waals surface area contributed by atoms with Gasteiger partial charge in [0.15, 0.2) is 5.65 Å². The number of hydrogen-bond donors (Lipinski definition) is 0. The van der Waals surface area contributed by atoms with Crippen molar-refractivity contribution in [1.82, 2.24) is 24.8 Å². The van der Waals surface area contributed by atoms with Crippen LogP contribution in [0.2, 0.25) is 0 Å². The largest absolute Gasteiger partial charge is 0.260 e. The molecule has 0 saturated heterocycles. The number of aromatic nitrogens is 5. The van der Waals surface area contributed by atoms with E-state index >= 15 is 0 Å². The molecular weight excluding hydrogens is 378 g/mol. The molecule has 0 bridgehead atoms. The molecular formula is C23H17N5S. The lowest BCUT2D eigenvalue weighted by atomic mass is 10.0. The van der Waals surface area contributed by atoms with Gasteiger partial charge >= 0.3 is 0 Å². The lowest BCUT2D eigenvalue weighted by Crippen LogP contribution is -1.97. The van der Waals surface area contributed by atoms with Crippen LogP contribution in [0.3, 0.4) is 0 Å². The van der Waals surface area contributed by atoms with Crippen molar-refractivity contribution < 1.29 is 0 Å². The number of rotatable bonds is 5. The van der Waals surface area contributed by atoms with Gasteiger partial charge in [-0.05, 0) is 35.4 Å². The minimum atomic E-state index is 0.722. The van der Waals surface area contributed by atoms with Crippen molar-refractivity contribution in [3.8, 4) is 22.4 Å². The third-order valence-corrected chi connectivity index (χ3v) is 5.55. The molecule has 3 heterocycles. The van der Waals surface area contributed by atoms with Crippen molar-refractivity contribution in [1.29, 1.82) is 0 Å². The Bertz CT molecular complexity index is 1240. The van der Waals surface area contributed by atoms with Crippen LogP contribution in [0.25, 0.3) is 28.0 Å². The molecule has 0 fully saturated rings. The molecule has 0 N–H and O–H groups in total. The Kier molecular flexibility index (Phi) is 4.76. The average molecular weight is 395 g/mol. The SMILES string of the molecule is c1ccc(-c2ccc(-c3ccc4nnc(SCc5ccccn5)n4n3)cc2)cc1. The highest BCUT2D eigenvalue weighted by Gasteiger charge is 2.10. The predicted octanol–water partition coefficient (Wildman–Crippen LogP) is 5.15. The fourth-order valence-corrected chi connectivity index (χ4v) is 3.90. The molecule has 0 radical (unpaired) electrons. The Morgan fingerprint density at radius 1 is 0.690 bits per heavy atom. The number of pyridine rings is 1. The number of thioether (sulfide) groups is 1. The van der Waals surface area contributed by atoms with Crippen LogP contribution in [0.1, 0.15) is 5.69 Å². The number of nitrogens with zero attached hydrogens (tertiary/aromatic N) is 5. The van der Waals surface area contributed by atoms with Crippen LogP contribution in [0.5, 0.6) is 0 Å². The molecule has 3 aromatic heterocycles. The monoisotopic (exact) mass is 395 g/mol. The number of fused-ring (bicyclic) bond motifs is 1. The molecule has 6 heteroatoms. The lowest BCUT2D eigenvalue weighted by molar-refractivity contribution is 0.812. The van der Waals surface area contributed by atoms with Gasteiger partial charge in [0.2, 0.25) is 5.16 Å². The summed E-state index contributed by atoms with van der Waals surface area (Å²) in [7, 11) is 0. The number of benzene rings is 2. The van der Waals surface area contributed by atoms with Crippen molar-refractivity contribution in [2.75, 3.05) is 0 Å². The smallest absolute Gasteiger partial charge is 0.212 e. The average Bonchev–Trinajstić information content (AvgIpc) is 3.21. The normalized spacial score (nSPS) is 11.0. The topological polar surface area (TPSA) is 56.0 Å². The first kappa shape index (κ1) is 17.6. The summed E-state index contributed by atoms with van der Waals surface area (Å²) < 4.78 is 1.80. The van der Waals surface area contributed by atoms with E-state index in [9.17, 15) is 0 Å². The molecule has 5 nitrogen and oxygen atoms in total. The molecule has 0 unspecified atom stereocenters. The summed E-state index contributed by atoms with van der Waals surface area (Å²) in [6.45, 7) is 0. The van der Waals surface area contributed by atoms with E-state index in [1.807, 2.05) is 36.4 Å². The van der Waals surface area contributed by atoms with Gasteiger partial charge in [0.1, 0.15) is 0 Å². The maximum absolute atomic E-state index is 4.77. The standard InChI is InChI=1S/C23H17N5S/c1-2-6-17(7-3-1)18-9-11-19(12-10-18)21-13-14-22-25-26-23(28(22)27-21)29-16-20-8-4-5-15-24-20/h1-15H,16H2. The van der Waals surface area contributed by atoms with Crippen molar-refractivity contribution in [3.63, 3.8) is 0 Å². The van der Waals surface area contributed by atoms with Gasteiger partial charge in [0.25, 0.3) is 0 Å². The molecule has 5 aromatic rings. The van der Waals surface area contributed by atoms with Gasteiger partial charge in [-0.2, -0.15) is 9.61 Å². The van der Waals surface area contributed by atoms with Crippen LogP contribution in [-0.2, 0) is 5.75 Å². The van der Waals surface area contributed by atoms with Gasteiger partial charge in [0, 0.05) is 17.5 Å². The molecule has 0 saturated carbocycles. The van der Waals surface area contributed by atoms with Gasteiger partial charge in [-0.15, -0.1) is 10.2 Å². The quantitative estimate of drug-likeness (QED) is 0.385. The predicted molar refractivity (Wildman–Crippen MR) is 115 cm³/mol. The summed E-state index contributed by atoms with van der Waals surface area (Å²) in [5.74, 6) is 0.722. The van der Waals surface area contributed by atoms with Gasteiger partial charge in [0.05, 0.1) is 11.4 Å². The first-order valence-electron chi connectivity index (χ1n) is 9.28. The van der Waals surface area contributed by atoms with Gasteiger partial charge in [-0.1, -0.05) is 72.4 Å². The molecule has 0 aliphatic rings. The van der Waals surface area contributed by atoms with E-state index in [1.165, 1.54) is 11.1 Å². The van der Waals surface area contributed by atoms with E-state index in [-0.39, 0.29) is 0 Å². The third-order valence-electron chi connectivity index (χ3n) is 4.60. The lowest BCUT2D eigenvalue weighted by Gasteiger charge is -2.05. The molecule has 0 amide bonds. The highest BCUT2D eigenvalue weighted by molar-refractivity contribution is 7.98. The highest BCUT2D eigenvalue weighted by Crippen LogP contribution is 2.25. The van der Waals surface area contributed by atoms with E-state index in [0.717, 1.165) is 33.5 Å². The first-order chi connectivity index (χ1) is 14.4. The summed E-state index contributed by atoms with van der Waals surface area (Å²) in [6.07, 6.45) is 1.80. The second-order valence-electron chi connectivity index (χ2n) is 6.52. The zero-order valence-electron chi connectivity index (χ0n) is 15.5. The molecule has 0 aliphatic heterocycles. The van der Waals surface area contributed by atoms with Crippen LogP contribution in [0.15, 0.2) is 96.3 Å². The van der Waals surface area contributed by atoms with Crippen LogP contribution < -0.4 is 0 Å². The second kappa shape index (κ2) is 7.85. The first-order valence-corrected chi connectivity index (χ1v) is 10.3. The van der Waals surface area contributed by atoms with Gasteiger partial charge in [-0.3, -0.25) is 4.98 Å². The molecule has 29 heavy (non-hydrogen) atoms. The Balaban J connectivity index is 1.42. The van der Waals surface area contributed by atoms with Crippen molar-refractivity contribution >= 4 is 17.4 Å². The summed E-state index contributed by atoms with van der Waals surface area (Å²) in [6, 6.07) is 28.6. The summed E-state index contributed by atoms with van der Waals surface area (Å²) >= 11 is 1.58. The molecule has 0 aliphatic carbocycles. The van der Waals surface area contributed by atoms with Gasteiger partial charge in [-0.25, -0.2) is 0 Å². The van der Waals surface area contributed by atoms with E-state index in [1.54, 1.807) is 22.5 Å². The molecule has 0 spiro atoms. The minimum absolute atomic E-state index is 0.722. The maximum Gasteiger partial charge on any atom is 0.212 e. The summed E-state index contributed by atoms with van der Waals surface area (Å²) in [5, 5.41) is 14.0. The summed E-state index contributed by atoms with van der Waals surface area (Å²) in [4.78, 5) is 4.36. The molecule has 140 valence electrons. The van der Waals surface area contributed by atoms with Crippen LogP contribution >= 0.6 is 11.8 Å². The van der Waals surface area contributed by atoms with Crippen LogP contribution in [-0.4, -0.2) is 24.8 Å². The fourth-order valence-electron chi connectivity index (χ4n) is 3.10. The molecule has 2 aromatic carbocycles. The van der Waals surface area contributed by atoms with E-state index in [0.29, 0.717) is 0 Å². The third kappa shape index (κ3) is 3.75. The van der Waals surface area contributed by atoms with Crippen molar-refractivity contribution in [2.24, 2.45) is 0 Å². The van der Waals surface area contributed by atoms with Crippen LogP contribution in [0.4, 0.5) is 0 Å². The van der Waals surface area contributed by atoms with Gasteiger partial charge < -0.3 is 0 Å². The van der Waals surface area contributed by atoms with Crippen LogP contribution in [0, 0.1) is 0 Å². The second-order valence-corrected chi connectivity index (χ2v) is 7.47. The molecule has 0 atom stereocenters. The minimum Gasteiger partial charge on any atom is -0.260 e. The maximum atomic E-state index is 4.77. The fraction of sp³-hybridized carbons (Fsp3) is 0.0435. The number of hydrogen-bond acceptors (Lipinski definition) is 5. The zero-order valence-corrected chi connectivity index (χ0v) is 16.3. The zero-order chi connectivity index (χ0) is 19.5.